The number of carbonyl (C=O) groups excluding carboxylic acids is 1. The summed E-state index contributed by atoms with van der Waals surface area (Å²) in [7, 11) is 1.65. The van der Waals surface area contributed by atoms with Crippen molar-refractivity contribution in [2.45, 2.75) is 12.5 Å². The van der Waals surface area contributed by atoms with E-state index in [1.165, 1.54) is 23.1 Å². The van der Waals surface area contributed by atoms with Crippen LogP contribution in [0.25, 0.3) is 16.9 Å². The Morgan fingerprint density at radius 1 is 1.31 bits per heavy atom. The van der Waals surface area contributed by atoms with E-state index in [0.29, 0.717) is 16.3 Å². The Hall–Kier alpha value is -3.11. The molecule has 29 heavy (non-hydrogen) atoms. The number of aryl methyl sites for hydroxylation is 1. The molecule has 0 saturated heterocycles. The molecular formula is C18H16ClF2N5O3. The molecule has 0 aliphatic heterocycles. The zero-order chi connectivity index (χ0) is 21.1. The van der Waals surface area contributed by atoms with Crippen molar-refractivity contribution < 1.29 is 18.7 Å². The number of hydrogen-bond acceptors (Lipinski definition) is 5. The van der Waals surface area contributed by atoms with Crippen LogP contribution in [-0.2, 0) is 7.05 Å². The fourth-order valence-corrected chi connectivity index (χ4v) is 2.62. The molecule has 0 bridgehead atoms. The van der Waals surface area contributed by atoms with Gasteiger partial charge >= 0.3 is 0 Å². The fraction of sp³-hybridized carbons (Fsp3) is 0.222. The lowest BCUT2D eigenvalue weighted by Crippen LogP contribution is -2.39. The quantitative estimate of drug-likeness (QED) is 0.627. The van der Waals surface area contributed by atoms with Crippen LogP contribution < -0.4 is 10.9 Å². The van der Waals surface area contributed by atoms with Crippen LogP contribution in [0.2, 0.25) is 5.02 Å². The van der Waals surface area contributed by atoms with Crippen LogP contribution in [0.3, 0.4) is 0 Å². The molecule has 1 amide bonds. The number of hydrogen-bond donors (Lipinski definition) is 2. The third kappa shape index (κ3) is 4.66. The number of alkyl halides is 2. The van der Waals surface area contributed by atoms with Crippen molar-refractivity contribution >= 4 is 17.5 Å². The van der Waals surface area contributed by atoms with Gasteiger partial charge in [0.15, 0.2) is 0 Å². The lowest BCUT2D eigenvalue weighted by atomic mass is 10.1. The molecule has 2 aromatic heterocycles. The van der Waals surface area contributed by atoms with E-state index in [2.05, 4.69) is 15.5 Å². The van der Waals surface area contributed by atoms with Gasteiger partial charge in [0.25, 0.3) is 17.9 Å². The van der Waals surface area contributed by atoms with Gasteiger partial charge in [0.05, 0.1) is 18.1 Å². The van der Waals surface area contributed by atoms with Crippen molar-refractivity contribution in [2.24, 2.45) is 7.05 Å². The molecular weight excluding hydrogens is 408 g/mol. The molecule has 3 rings (SSSR count). The lowest BCUT2D eigenvalue weighted by molar-refractivity contribution is -0.00271. The average molecular weight is 424 g/mol. The lowest BCUT2D eigenvalue weighted by Gasteiger charge is -2.12. The Kier molecular flexibility index (Phi) is 6.04. The second-order valence-corrected chi connectivity index (χ2v) is 6.59. The number of aliphatic hydroxyl groups is 1. The highest BCUT2D eigenvalue weighted by atomic mass is 35.5. The molecule has 0 aliphatic rings. The summed E-state index contributed by atoms with van der Waals surface area (Å²) in [5, 5.41) is 20.1. The molecule has 1 aromatic carbocycles. The molecule has 0 saturated carbocycles. The van der Waals surface area contributed by atoms with Crippen molar-refractivity contribution in [1.29, 1.82) is 0 Å². The zero-order valence-corrected chi connectivity index (χ0v) is 15.8. The number of aliphatic hydroxyl groups excluding tert-OH is 1. The highest BCUT2D eigenvalue weighted by Gasteiger charge is 2.21. The van der Waals surface area contributed by atoms with E-state index < -0.39 is 30.5 Å². The number of aromatic nitrogens is 4. The van der Waals surface area contributed by atoms with Crippen molar-refractivity contribution in [3.63, 3.8) is 0 Å². The molecule has 2 N–H and O–H groups in total. The monoisotopic (exact) mass is 423 g/mol. The van der Waals surface area contributed by atoms with Gasteiger partial charge in [-0.25, -0.2) is 8.78 Å². The van der Waals surface area contributed by atoms with Gasteiger partial charge in [0, 0.05) is 24.2 Å². The summed E-state index contributed by atoms with van der Waals surface area (Å²) in [6.45, 7) is -0.707. The fourth-order valence-electron chi connectivity index (χ4n) is 2.49. The van der Waals surface area contributed by atoms with Gasteiger partial charge in [-0.15, -0.1) is 0 Å². The number of nitrogens with one attached hydrogen (secondary N) is 1. The normalized spacial score (nSPS) is 12.2. The van der Waals surface area contributed by atoms with Crippen molar-refractivity contribution in [3.05, 3.63) is 63.7 Å². The standard InChI is InChI=1S/C18H16ClF2N5O3/c1-25-9-12(7-23-25)26-18(29)13(17(28)22-8-15(27)16(20)21)6-14(24-26)10-2-4-11(19)5-3-10/h2-7,9,15-16,27H,8H2,1H3,(H,22,28)/t15-/m0/s1. The van der Waals surface area contributed by atoms with Gasteiger partial charge in [-0.3, -0.25) is 14.3 Å². The zero-order valence-electron chi connectivity index (χ0n) is 15.1. The minimum atomic E-state index is -3.02. The average Bonchev–Trinajstić information content (AvgIpc) is 3.12. The van der Waals surface area contributed by atoms with Crippen molar-refractivity contribution in [1.82, 2.24) is 24.9 Å². The van der Waals surface area contributed by atoms with E-state index in [1.807, 2.05) is 0 Å². The highest BCUT2D eigenvalue weighted by Crippen LogP contribution is 2.20. The van der Waals surface area contributed by atoms with Crippen LogP contribution in [0, 0.1) is 0 Å². The minimum absolute atomic E-state index is 0.282. The van der Waals surface area contributed by atoms with Crippen LogP contribution in [0.1, 0.15) is 10.4 Å². The summed E-state index contributed by atoms with van der Waals surface area (Å²) in [4.78, 5) is 25.3. The number of nitrogens with zero attached hydrogens (tertiary/aromatic N) is 4. The predicted molar refractivity (Wildman–Crippen MR) is 101 cm³/mol. The topological polar surface area (TPSA) is 102 Å². The van der Waals surface area contributed by atoms with E-state index in [1.54, 1.807) is 31.3 Å². The third-order valence-electron chi connectivity index (χ3n) is 3.99. The van der Waals surface area contributed by atoms with Crippen LogP contribution in [0.5, 0.6) is 0 Å². The molecule has 1 atom stereocenters. The maximum absolute atomic E-state index is 12.8. The number of benzene rings is 1. The van der Waals surface area contributed by atoms with Gasteiger partial charge in [0.1, 0.15) is 17.4 Å². The van der Waals surface area contributed by atoms with E-state index >= 15 is 0 Å². The summed E-state index contributed by atoms with van der Waals surface area (Å²) < 4.78 is 27.4. The Morgan fingerprint density at radius 2 is 2.00 bits per heavy atom. The third-order valence-corrected chi connectivity index (χ3v) is 4.25. The first-order valence-electron chi connectivity index (χ1n) is 8.40. The second-order valence-electron chi connectivity index (χ2n) is 6.15. The molecule has 0 fully saturated rings. The molecule has 0 aliphatic carbocycles. The summed E-state index contributed by atoms with van der Waals surface area (Å²) in [5.41, 5.74) is 0.0865. The number of amides is 1. The maximum atomic E-state index is 12.8. The van der Waals surface area contributed by atoms with Crippen LogP contribution in [0.4, 0.5) is 8.78 Å². The van der Waals surface area contributed by atoms with Crippen LogP contribution in [-0.4, -0.2) is 49.6 Å². The van der Waals surface area contributed by atoms with Gasteiger partial charge < -0.3 is 10.4 Å². The summed E-state index contributed by atoms with van der Waals surface area (Å²) in [6.07, 6.45) is -2.15. The summed E-state index contributed by atoms with van der Waals surface area (Å²) in [6, 6.07) is 7.81. The van der Waals surface area contributed by atoms with E-state index in [4.69, 9.17) is 11.6 Å². The molecule has 0 spiro atoms. The molecule has 8 nitrogen and oxygen atoms in total. The molecule has 0 radical (unpaired) electrons. The Bertz CT molecular complexity index is 1080. The van der Waals surface area contributed by atoms with E-state index in [-0.39, 0.29) is 11.3 Å². The Balaban J connectivity index is 2.06. The Morgan fingerprint density at radius 3 is 2.59 bits per heavy atom. The molecule has 152 valence electrons. The van der Waals surface area contributed by atoms with E-state index in [0.717, 1.165) is 4.68 Å². The number of rotatable bonds is 6. The highest BCUT2D eigenvalue weighted by molar-refractivity contribution is 6.30. The Labute approximate surface area is 168 Å². The van der Waals surface area contributed by atoms with Crippen molar-refractivity contribution in [3.8, 4) is 16.9 Å². The summed E-state index contributed by atoms with van der Waals surface area (Å²) >= 11 is 5.90. The number of carbonyl (C=O) groups is 1. The SMILES string of the molecule is Cn1cc(-n2nc(-c3ccc(Cl)cc3)cc(C(=O)NC[C@H](O)C(F)F)c2=O)cn1. The van der Waals surface area contributed by atoms with Crippen molar-refractivity contribution in [2.75, 3.05) is 6.54 Å². The van der Waals surface area contributed by atoms with Gasteiger partial charge in [0.2, 0.25) is 0 Å². The minimum Gasteiger partial charge on any atom is -0.385 e. The van der Waals surface area contributed by atoms with Crippen LogP contribution >= 0.6 is 11.6 Å². The molecule has 11 heteroatoms. The molecule has 2 heterocycles. The maximum Gasteiger partial charge on any atom is 0.284 e. The van der Waals surface area contributed by atoms with E-state index in [9.17, 15) is 23.5 Å². The van der Waals surface area contributed by atoms with Crippen LogP contribution in [0.15, 0.2) is 47.5 Å². The second kappa shape index (κ2) is 8.50. The first-order valence-corrected chi connectivity index (χ1v) is 8.78. The van der Waals surface area contributed by atoms with Gasteiger partial charge in [-0.2, -0.15) is 14.9 Å². The number of halogens is 3. The van der Waals surface area contributed by atoms with Gasteiger partial charge in [-0.05, 0) is 18.2 Å². The molecule has 0 unspecified atom stereocenters. The smallest absolute Gasteiger partial charge is 0.284 e. The largest absolute Gasteiger partial charge is 0.385 e. The molecule has 3 aromatic rings. The predicted octanol–water partition coefficient (Wildman–Crippen LogP) is 1.64. The van der Waals surface area contributed by atoms with Gasteiger partial charge in [-0.1, -0.05) is 23.7 Å². The first kappa shape index (κ1) is 20.6. The first-order chi connectivity index (χ1) is 13.8. The summed E-state index contributed by atoms with van der Waals surface area (Å²) in [5.74, 6) is -0.912.